The average molecular weight is 315 g/mol. The van der Waals surface area contributed by atoms with Gasteiger partial charge in [0.25, 0.3) is 0 Å². The zero-order valence-corrected chi connectivity index (χ0v) is 11.5. The summed E-state index contributed by atoms with van der Waals surface area (Å²) in [6.07, 6.45) is 1.12. The number of nitriles is 1. The number of nitrogens with zero attached hydrogens (tertiary/aromatic N) is 1. The van der Waals surface area contributed by atoms with Gasteiger partial charge in [-0.1, -0.05) is 28.1 Å². The summed E-state index contributed by atoms with van der Waals surface area (Å²) < 4.78 is 24.1. The van der Waals surface area contributed by atoms with Crippen LogP contribution >= 0.6 is 15.9 Å². The fraction of sp³-hybridized carbons (Fsp3) is 0.364. The second-order valence-electron chi connectivity index (χ2n) is 4.32. The first-order valence-corrected chi connectivity index (χ1v) is 7.70. The van der Waals surface area contributed by atoms with E-state index in [9.17, 15) is 8.42 Å². The maximum atomic E-state index is 11.6. The Labute approximate surface area is 108 Å². The van der Waals surface area contributed by atoms with Crippen molar-refractivity contribution in [3.63, 3.8) is 0 Å². The van der Waals surface area contributed by atoms with Crippen molar-refractivity contribution in [3.8, 4) is 6.07 Å². The molecule has 2 rings (SSSR count). The van der Waals surface area contributed by atoms with E-state index in [2.05, 4.69) is 15.9 Å². The van der Waals surface area contributed by atoms with E-state index in [1.165, 1.54) is 0 Å². The maximum absolute atomic E-state index is 11.6. The maximum Gasteiger partial charge on any atom is 0.153 e. The summed E-state index contributed by atoms with van der Waals surface area (Å²) >= 11 is 3.30. The van der Waals surface area contributed by atoms with E-state index in [1.54, 1.807) is 12.1 Å². The molecule has 0 saturated heterocycles. The lowest BCUT2D eigenvalue weighted by atomic mass is 10.1. The van der Waals surface area contributed by atoms with E-state index in [-0.39, 0.29) is 0 Å². The van der Waals surface area contributed by atoms with Gasteiger partial charge in [0.15, 0.2) is 9.84 Å². The second kappa shape index (κ2) is 3.80. The molecule has 0 aliphatic heterocycles. The van der Waals surface area contributed by atoms with Gasteiger partial charge in [-0.2, -0.15) is 5.26 Å². The first kappa shape index (κ1) is 12.6. The molecule has 0 radical (unpaired) electrons. The van der Waals surface area contributed by atoms with Crippen LogP contribution < -0.4 is 5.73 Å². The number of hydrogen-bond acceptors (Lipinski definition) is 4. The smallest absolute Gasteiger partial charge is 0.153 e. The van der Waals surface area contributed by atoms with Crippen LogP contribution in [0.1, 0.15) is 11.5 Å². The van der Waals surface area contributed by atoms with E-state index >= 15 is 0 Å². The van der Waals surface area contributed by atoms with E-state index in [0.29, 0.717) is 0 Å². The molecule has 6 heteroatoms. The normalized spacial score (nSPS) is 31.9. The summed E-state index contributed by atoms with van der Waals surface area (Å²) in [5.41, 5.74) is 5.33. The summed E-state index contributed by atoms with van der Waals surface area (Å²) in [6.45, 7) is 0. The minimum absolute atomic E-state index is 0.435. The predicted molar refractivity (Wildman–Crippen MR) is 68.0 cm³/mol. The van der Waals surface area contributed by atoms with Gasteiger partial charge in [-0.15, -0.1) is 0 Å². The van der Waals surface area contributed by atoms with Crippen molar-refractivity contribution in [2.24, 2.45) is 5.73 Å². The Balaban J connectivity index is 2.42. The standard InChI is InChI=1S/C11H11BrN2O2S/c1-17(15,16)10-9(11(10,14)6-13)7-2-4-8(12)5-3-7/h2-5,9-10H,14H2,1H3/t9-,10-,11+/m1/s1. The monoisotopic (exact) mass is 314 g/mol. The molecule has 3 atom stereocenters. The summed E-state index contributed by atoms with van der Waals surface area (Å²) in [6, 6.07) is 9.12. The van der Waals surface area contributed by atoms with Gasteiger partial charge in [-0.25, -0.2) is 8.42 Å². The third kappa shape index (κ3) is 1.99. The lowest BCUT2D eigenvalue weighted by Crippen LogP contribution is -2.28. The van der Waals surface area contributed by atoms with Gasteiger partial charge in [0.05, 0.1) is 6.07 Å². The molecule has 17 heavy (non-hydrogen) atoms. The molecule has 1 aliphatic carbocycles. The second-order valence-corrected chi connectivity index (χ2v) is 7.41. The SMILES string of the molecule is CS(=O)(=O)[C@@H]1[C@@H](c2ccc(Br)cc2)[C@@]1(N)C#N. The van der Waals surface area contributed by atoms with E-state index in [1.807, 2.05) is 18.2 Å². The molecule has 1 aliphatic rings. The number of nitrogens with two attached hydrogens (primary N) is 1. The highest BCUT2D eigenvalue weighted by atomic mass is 79.9. The molecular weight excluding hydrogens is 304 g/mol. The molecule has 0 aromatic heterocycles. The lowest BCUT2D eigenvalue weighted by molar-refractivity contribution is 0.597. The van der Waals surface area contributed by atoms with E-state index < -0.39 is 26.5 Å². The lowest BCUT2D eigenvalue weighted by Gasteiger charge is -2.00. The minimum Gasteiger partial charge on any atom is -0.312 e. The molecule has 0 spiro atoms. The Morgan fingerprint density at radius 2 is 1.94 bits per heavy atom. The summed E-state index contributed by atoms with van der Waals surface area (Å²) in [7, 11) is -3.32. The van der Waals surface area contributed by atoms with Crippen LogP contribution in [0.2, 0.25) is 0 Å². The predicted octanol–water partition coefficient (Wildman–Crippen LogP) is 1.18. The molecule has 0 heterocycles. The molecule has 0 unspecified atom stereocenters. The van der Waals surface area contributed by atoms with Crippen molar-refractivity contribution in [3.05, 3.63) is 34.3 Å². The van der Waals surface area contributed by atoms with Crippen molar-refractivity contribution >= 4 is 25.8 Å². The Bertz CT molecular complexity index is 591. The Kier molecular flexibility index (Phi) is 2.81. The summed E-state index contributed by atoms with van der Waals surface area (Å²) in [5, 5.41) is 8.23. The molecule has 2 N–H and O–H groups in total. The molecule has 1 fully saturated rings. The fourth-order valence-electron chi connectivity index (χ4n) is 2.23. The molecule has 90 valence electrons. The van der Waals surface area contributed by atoms with Crippen LogP contribution in [0.15, 0.2) is 28.7 Å². The number of hydrogen-bond donors (Lipinski definition) is 1. The van der Waals surface area contributed by atoms with Crippen LogP contribution in [0.25, 0.3) is 0 Å². The van der Waals surface area contributed by atoms with Gasteiger partial charge in [-0.3, -0.25) is 0 Å². The molecule has 4 nitrogen and oxygen atoms in total. The molecular formula is C11H11BrN2O2S. The van der Waals surface area contributed by atoms with Gasteiger partial charge < -0.3 is 5.73 Å². The third-order valence-electron chi connectivity index (χ3n) is 3.06. The molecule has 1 aromatic rings. The van der Waals surface area contributed by atoms with E-state index in [0.717, 1.165) is 16.3 Å². The van der Waals surface area contributed by atoms with Crippen molar-refractivity contribution < 1.29 is 8.42 Å². The van der Waals surface area contributed by atoms with Gasteiger partial charge in [0, 0.05) is 16.6 Å². The van der Waals surface area contributed by atoms with Crippen LogP contribution in [0, 0.1) is 11.3 Å². The van der Waals surface area contributed by atoms with Crippen LogP contribution in [-0.4, -0.2) is 25.5 Å². The van der Waals surface area contributed by atoms with Crippen molar-refractivity contribution in [2.45, 2.75) is 16.7 Å². The van der Waals surface area contributed by atoms with Gasteiger partial charge >= 0.3 is 0 Å². The molecule has 1 saturated carbocycles. The van der Waals surface area contributed by atoms with E-state index in [4.69, 9.17) is 11.0 Å². The zero-order chi connectivity index (χ0) is 12.8. The minimum atomic E-state index is -3.32. The van der Waals surface area contributed by atoms with Crippen LogP contribution in [-0.2, 0) is 9.84 Å². The quantitative estimate of drug-likeness (QED) is 0.888. The van der Waals surface area contributed by atoms with Crippen LogP contribution in [0.3, 0.4) is 0 Å². The largest absolute Gasteiger partial charge is 0.312 e. The highest BCUT2D eigenvalue weighted by molar-refractivity contribution is 9.10. The highest BCUT2D eigenvalue weighted by Crippen LogP contribution is 2.53. The Morgan fingerprint density at radius 3 is 2.29 bits per heavy atom. The summed E-state index contributed by atoms with van der Waals surface area (Å²) in [5.74, 6) is -0.435. The first-order valence-electron chi connectivity index (χ1n) is 4.95. The number of rotatable bonds is 2. The number of halogens is 1. The summed E-state index contributed by atoms with van der Waals surface area (Å²) in [4.78, 5) is 0. The molecule has 0 bridgehead atoms. The molecule has 1 aromatic carbocycles. The Hall–Kier alpha value is -0.900. The fourth-order valence-corrected chi connectivity index (χ4v) is 4.20. The van der Waals surface area contributed by atoms with Gasteiger partial charge in [-0.05, 0) is 17.7 Å². The van der Waals surface area contributed by atoms with Crippen LogP contribution in [0.4, 0.5) is 0 Å². The van der Waals surface area contributed by atoms with Crippen molar-refractivity contribution in [1.82, 2.24) is 0 Å². The average Bonchev–Trinajstić information content (AvgIpc) is 2.87. The Morgan fingerprint density at radius 1 is 1.41 bits per heavy atom. The van der Waals surface area contributed by atoms with Crippen molar-refractivity contribution in [1.29, 1.82) is 5.26 Å². The number of sulfone groups is 1. The highest BCUT2D eigenvalue weighted by Gasteiger charge is 2.69. The van der Waals surface area contributed by atoms with Gasteiger partial charge in [0.1, 0.15) is 10.8 Å². The third-order valence-corrected chi connectivity index (χ3v) is 5.18. The van der Waals surface area contributed by atoms with Crippen LogP contribution in [0.5, 0.6) is 0 Å². The van der Waals surface area contributed by atoms with Crippen molar-refractivity contribution in [2.75, 3.05) is 6.26 Å². The topological polar surface area (TPSA) is 83.9 Å². The number of benzene rings is 1. The molecule has 0 amide bonds. The zero-order valence-electron chi connectivity index (χ0n) is 9.09. The first-order chi connectivity index (χ1) is 7.80. The van der Waals surface area contributed by atoms with Gasteiger partial charge in [0.2, 0.25) is 0 Å².